The van der Waals surface area contributed by atoms with Gasteiger partial charge in [0.2, 0.25) is 0 Å². The fraction of sp³-hybridized carbons (Fsp3) is 0.188. The molecule has 2 N–H and O–H groups in total. The van der Waals surface area contributed by atoms with E-state index < -0.39 is 5.97 Å². The summed E-state index contributed by atoms with van der Waals surface area (Å²) >= 11 is 0. The van der Waals surface area contributed by atoms with Gasteiger partial charge in [0.15, 0.2) is 0 Å². The molecule has 2 aromatic rings. The highest BCUT2D eigenvalue weighted by atomic mass is 19.1. The highest BCUT2D eigenvalue weighted by molar-refractivity contribution is 5.96. The molecule has 5 heteroatoms. The number of carbonyl (C=O) groups is 1. The number of halogens is 1. The zero-order valence-corrected chi connectivity index (χ0v) is 12.0. The van der Waals surface area contributed by atoms with Gasteiger partial charge >= 0.3 is 5.97 Å². The van der Waals surface area contributed by atoms with Crippen molar-refractivity contribution in [3.63, 3.8) is 0 Å². The largest absolute Gasteiger partial charge is 0.462 e. The van der Waals surface area contributed by atoms with Crippen molar-refractivity contribution < 1.29 is 13.9 Å². The molecule has 0 aliphatic heterocycles. The van der Waals surface area contributed by atoms with Crippen LogP contribution in [0.1, 0.15) is 17.3 Å². The lowest BCUT2D eigenvalue weighted by Gasteiger charge is -2.20. The van der Waals surface area contributed by atoms with Crippen LogP contribution < -0.4 is 10.6 Å². The molecule has 0 aromatic heterocycles. The van der Waals surface area contributed by atoms with Crippen LogP contribution in [0.15, 0.2) is 42.5 Å². The van der Waals surface area contributed by atoms with Crippen LogP contribution in [0.25, 0.3) is 0 Å². The standard InChI is InChI=1S/C16H17FN2O2/c1-3-21-16(20)14-10-13(8-9-15(14)18)19(2)12-6-4-11(17)5-7-12/h4-10H,3,18H2,1-2H3. The first-order valence-electron chi connectivity index (χ1n) is 6.59. The Morgan fingerprint density at radius 1 is 1.19 bits per heavy atom. The van der Waals surface area contributed by atoms with E-state index in [9.17, 15) is 9.18 Å². The molecular formula is C16H17FN2O2. The maximum Gasteiger partial charge on any atom is 0.340 e. The lowest BCUT2D eigenvalue weighted by atomic mass is 10.1. The van der Waals surface area contributed by atoms with E-state index in [0.717, 1.165) is 11.4 Å². The van der Waals surface area contributed by atoms with Gasteiger partial charge in [-0.05, 0) is 49.4 Å². The van der Waals surface area contributed by atoms with Crippen LogP contribution in [0.4, 0.5) is 21.5 Å². The predicted molar refractivity (Wildman–Crippen MR) is 81.3 cm³/mol. The smallest absolute Gasteiger partial charge is 0.340 e. The quantitative estimate of drug-likeness (QED) is 0.692. The second-order valence-electron chi connectivity index (χ2n) is 4.53. The zero-order valence-electron chi connectivity index (χ0n) is 12.0. The monoisotopic (exact) mass is 288 g/mol. The zero-order chi connectivity index (χ0) is 15.4. The normalized spacial score (nSPS) is 10.2. The van der Waals surface area contributed by atoms with Crippen molar-refractivity contribution in [1.82, 2.24) is 0 Å². The number of hydrogen-bond donors (Lipinski definition) is 1. The molecule has 0 aliphatic carbocycles. The minimum atomic E-state index is -0.454. The van der Waals surface area contributed by atoms with Gasteiger partial charge in [-0.2, -0.15) is 0 Å². The first kappa shape index (κ1) is 14.8. The van der Waals surface area contributed by atoms with Crippen LogP contribution in [0.3, 0.4) is 0 Å². The van der Waals surface area contributed by atoms with Crippen LogP contribution in [-0.4, -0.2) is 19.6 Å². The Morgan fingerprint density at radius 3 is 2.43 bits per heavy atom. The summed E-state index contributed by atoms with van der Waals surface area (Å²) in [5, 5.41) is 0. The number of nitrogen functional groups attached to an aromatic ring is 1. The molecular weight excluding hydrogens is 271 g/mol. The molecule has 4 nitrogen and oxygen atoms in total. The van der Waals surface area contributed by atoms with E-state index >= 15 is 0 Å². The predicted octanol–water partition coefficient (Wildman–Crippen LogP) is 3.35. The summed E-state index contributed by atoms with van der Waals surface area (Å²) in [7, 11) is 1.83. The van der Waals surface area contributed by atoms with Gasteiger partial charge in [0.25, 0.3) is 0 Å². The van der Waals surface area contributed by atoms with Crippen LogP contribution in [0.2, 0.25) is 0 Å². The highest BCUT2D eigenvalue weighted by Crippen LogP contribution is 2.27. The number of nitrogens with two attached hydrogens (primary N) is 1. The maximum absolute atomic E-state index is 13.0. The van der Waals surface area contributed by atoms with E-state index in [1.54, 1.807) is 37.3 Å². The fourth-order valence-corrected chi connectivity index (χ4v) is 1.95. The Labute approximate surface area is 122 Å². The second kappa shape index (κ2) is 6.26. The number of benzene rings is 2. The summed E-state index contributed by atoms with van der Waals surface area (Å²) in [4.78, 5) is 13.7. The lowest BCUT2D eigenvalue weighted by molar-refractivity contribution is 0.0527. The number of anilines is 3. The molecule has 110 valence electrons. The molecule has 0 saturated heterocycles. The van der Waals surface area contributed by atoms with E-state index in [4.69, 9.17) is 10.5 Å². The number of ether oxygens (including phenoxy) is 1. The molecule has 0 bridgehead atoms. The average Bonchev–Trinajstić information content (AvgIpc) is 2.48. The Balaban J connectivity index is 2.33. The van der Waals surface area contributed by atoms with Gasteiger partial charge in [0, 0.05) is 24.1 Å². The second-order valence-corrected chi connectivity index (χ2v) is 4.53. The summed E-state index contributed by atoms with van der Waals surface area (Å²) in [6.45, 7) is 2.03. The summed E-state index contributed by atoms with van der Waals surface area (Å²) in [6, 6.07) is 11.2. The summed E-state index contributed by atoms with van der Waals surface area (Å²) in [5.74, 6) is -0.749. The third-order valence-electron chi connectivity index (χ3n) is 3.13. The van der Waals surface area contributed by atoms with Crippen molar-refractivity contribution in [2.24, 2.45) is 0 Å². The number of rotatable bonds is 4. The van der Waals surface area contributed by atoms with Crippen molar-refractivity contribution in [3.8, 4) is 0 Å². The van der Waals surface area contributed by atoms with Gasteiger partial charge in [-0.3, -0.25) is 0 Å². The first-order chi connectivity index (χ1) is 10.0. The van der Waals surface area contributed by atoms with Gasteiger partial charge in [-0.25, -0.2) is 9.18 Å². The summed E-state index contributed by atoms with van der Waals surface area (Å²) in [6.07, 6.45) is 0. The molecule has 0 fully saturated rings. The van der Waals surface area contributed by atoms with Crippen molar-refractivity contribution in [2.75, 3.05) is 24.3 Å². The molecule has 0 saturated carbocycles. The van der Waals surface area contributed by atoms with Gasteiger partial charge in [-0.1, -0.05) is 0 Å². The van der Waals surface area contributed by atoms with Crippen molar-refractivity contribution in [1.29, 1.82) is 0 Å². The molecule has 0 heterocycles. The van der Waals surface area contributed by atoms with Crippen LogP contribution in [0.5, 0.6) is 0 Å². The average molecular weight is 288 g/mol. The molecule has 21 heavy (non-hydrogen) atoms. The highest BCUT2D eigenvalue weighted by Gasteiger charge is 2.13. The summed E-state index contributed by atoms with van der Waals surface area (Å²) in [5.41, 5.74) is 8.06. The lowest BCUT2D eigenvalue weighted by Crippen LogP contribution is -2.13. The number of carbonyl (C=O) groups excluding carboxylic acids is 1. The molecule has 0 radical (unpaired) electrons. The number of esters is 1. The molecule has 0 aliphatic rings. The van der Waals surface area contributed by atoms with Crippen molar-refractivity contribution >= 4 is 23.0 Å². The maximum atomic E-state index is 13.0. The Morgan fingerprint density at radius 2 is 1.81 bits per heavy atom. The van der Waals surface area contributed by atoms with Crippen LogP contribution in [0, 0.1) is 5.82 Å². The number of nitrogens with zero attached hydrogens (tertiary/aromatic N) is 1. The molecule has 0 atom stereocenters. The van der Waals surface area contributed by atoms with Crippen LogP contribution >= 0.6 is 0 Å². The SMILES string of the molecule is CCOC(=O)c1cc(N(C)c2ccc(F)cc2)ccc1N. The Hall–Kier alpha value is -2.56. The topological polar surface area (TPSA) is 55.6 Å². The molecule has 0 amide bonds. The van der Waals surface area contributed by atoms with E-state index in [2.05, 4.69) is 0 Å². The van der Waals surface area contributed by atoms with E-state index in [0.29, 0.717) is 11.3 Å². The van der Waals surface area contributed by atoms with Crippen molar-refractivity contribution in [2.45, 2.75) is 6.92 Å². The molecule has 0 unspecified atom stereocenters. The van der Waals surface area contributed by atoms with Crippen molar-refractivity contribution in [3.05, 3.63) is 53.8 Å². The molecule has 0 spiro atoms. The molecule has 2 rings (SSSR count). The van der Waals surface area contributed by atoms with Gasteiger partial charge in [-0.15, -0.1) is 0 Å². The number of hydrogen-bond acceptors (Lipinski definition) is 4. The first-order valence-corrected chi connectivity index (χ1v) is 6.59. The van der Waals surface area contributed by atoms with E-state index in [1.165, 1.54) is 12.1 Å². The van der Waals surface area contributed by atoms with Gasteiger partial charge < -0.3 is 15.4 Å². The minimum absolute atomic E-state index is 0.288. The van der Waals surface area contributed by atoms with E-state index in [-0.39, 0.29) is 12.4 Å². The van der Waals surface area contributed by atoms with Gasteiger partial charge in [0.05, 0.1) is 12.2 Å². The van der Waals surface area contributed by atoms with Gasteiger partial charge in [0.1, 0.15) is 5.82 Å². The van der Waals surface area contributed by atoms with Crippen LogP contribution in [-0.2, 0) is 4.74 Å². The van der Waals surface area contributed by atoms with E-state index in [1.807, 2.05) is 11.9 Å². The third kappa shape index (κ3) is 3.31. The Kier molecular flexibility index (Phi) is 4.42. The minimum Gasteiger partial charge on any atom is -0.462 e. The third-order valence-corrected chi connectivity index (χ3v) is 3.13. The summed E-state index contributed by atoms with van der Waals surface area (Å²) < 4.78 is 17.9. The molecule has 2 aromatic carbocycles. The Bertz CT molecular complexity index is 641. The fourth-order valence-electron chi connectivity index (χ4n) is 1.95.